The zero-order valence-corrected chi connectivity index (χ0v) is 18.2. The van der Waals surface area contributed by atoms with Gasteiger partial charge in [-0.3, -0.25) is 9.59 Å². The molecule has 0 unspecified atom stereocenters. The first-order valence-corrected chi connectivity index (χ1v) is 10.9. The number of H-pyrrole nitrogens is 1. The van der Waals surface area contributed by atoms with Gasteiger partial charge in [0.1, 0.15) is 11.6 Å². The highest BCUT2D eigenvalue weighted by atomic mass is 19.1. The van der Waals surface area contributed by atoms with Gasteiger partial charge in [-0.05, 0) is 49.6 Å². The number of hydrogen-bond donors (Lipinski definition) is 1. The average Bonchev–Trinajstić information content (AvgIpc) is 3.24. The van der Waals surface area contributed by atoms with Gasteiger partial charge in [0.15, 0.2) is 11.2 Å². The molecule has 0 bridgehead atoms. The largest absolute Gasteiger partial charge is 0.338 e. The standard InChI is InChI=1S/C24H23FN6O2/c1-15-4-6-16(7-5-15)13-31-22-20(28-29-31)23(32)27-21(26-22)18-3-2-12-30(14-18)24(33)17-8-10-19(25)11-9-17/h4-11,18H,2-3,12-14H2,1H3,(H,26,27,32)/t18-/m1/s1. The monoisotopic (exact) mass is 446 g/mol. The van der Waals surface area contributed by atoms with Gasteiger partial charge in [-0.1, -0.05) is 35.0 Å². The summed E-state index contributed by atoms with van der Waals surface area (Å²) < 4.78 is 14.9. The van der Waals surface area contributed by atoms with Gasteiger partial charge < -0.3 is 9.88 Å². The number of aryl methyl sites for hydroxylation is 1. The molecule has 33 heavy (non-hydrogen) atoms. The minimum absolute atomic E-state index is 0.122. The lowest BCUT2D eigenvalue weighted by molar-refractivity contribution is 0.0704. The van der Waals surface area contributed by atoms with Crippen LogP contribution in [-0.2, 0) is 6.54 Å². The van der Waals surface area contributed by atoms with Crippen LogP contribution in [0.15, 0.2) is 53.3 Å². The van der Waals surface area contributed by atoms with Crippen molar-refractivity contribution in [3.05, 3.63) is 87.2 Å². The van der Waals surface area contributed by atoms with Crippen LogP contribution in [0.3, 0.4) is 0 Å². The van der Waals surface area contributed by atoms with Crippen molar-refractivity contribution in [1.29, 1.82) is 0 Å². The second-order valence-corrected chi connectivity index (χ2v) is 8.45. The Morgan fingerprint density at radius 1 is 1.15 bits per heavy atom. The molecule has 0 radical (unpaired) electrons. The van der Waals surface area contributed by atoms with E-state index in [1.165, 1.54) is 24.3 Å². The molecule has 4 aromatic rings. The highest BCUT2D eigenvalue weighted by molar-refractivity contribution is 5.94. The van der Waals surface area contributed by atoms with Gasteiger partial charge in [-0.25, -0.2) is 14.1 Å². The Balaban J connectivity index is 1.41. The van der Waals surface area contributed by atoms with Crippen LogP contribution in [0.25, 0.3) is 11.2 Å². The lowest BCUT2D eigenvalue weighted by atomic mass is 9.96. The van der Waals surface area contributed by atoms with Crippen molar-refractivity contribution in [2.75, 3.05) is 13.1 Å². The second-order valence-electron chi connectivity index (χ2n) is 8.45. The van der Waals surface area contributed by atoms with Gasteiger partial charge in [0, 0.05) is 24.6 Å². The molecule has 2 aromatic heterocycles. The molecular formula is C24H23FN6O2. The summed E-state index contributed by atoms with van der Waals surface area (Å²) in [4.78, 5) is 34.9. The molecule has 2 aromatic carbocycles. The van der Waals surface area contributed by atoms with Gasteiger partial charge in [0.2, 0.25) is 0 Å². The highest BCUT2D eigenvalue weighted by Gasteiger charge is 2.28. The Morgan fingerprint density at radius 3 is 2.67 bits per heavy atom. The third-order valence-electron chi connectivity index (χ3n) is 6.03. The van der Waals surface area contributed by atoms with Gasteiger partial charge in [-0.2, -0.15) is 0 Å². The number of aromatic amines is 1. The number of amides is 1. The molecule has 1 aliphatic heterocycles. The van der Waals surface area contributed by atoms with Crippen LogP contribution in [0.4, 0.5) is 4.39 Å². The van der Waals surface area contributed by atoms with Crippen molar-refractivity contribution < 1.29 is 9.18 Å². The second kappa shape index (κ2) is 8.57. The number of piperidine rings is 1. The van der Waals surface area contributed by atoms with Crippen LogP contribution in [0.1, 0.15) is 46.1 Å². The van der Waals surface area contributed by atoms with E-state index in [9.17, 15) is 14.0 Å². The lowest BCUT2D eigenvalue weighted by Crippen LogP contribution is -2.40. The lowest BCUT2D eigenvalue weighted by Gasteiger charge is -2.32. The van der Waals surface area contributed by atoms with Crippen molar-refractivity contribution >= 4 is 17.1 Å². The Morgan fingerprint density at radius 2 is 1.91 bits per heavy atom. The summed E-state index contributed by atoms with van der Waals surface area (Å²) in [5.74, 6) is -0.136. The van der Waals surface area contributed by atoms with E-state index >= 15 is 0 Å². The fourth-order valence-electron chi connectivity index (χ4n) is 4.21. The summed E-state index contributed by atoms with van der Waals surface area (Å²) in [5, 5.41) is 8.16. The maximum Gasteiger partial charge on any atom is 0.281 e. The van der Waals surface area contributed by atoms with Crippen LogP contribution in [0.2, 0.25) is 0 Å². The number of nitrogens with one attached hydrogen (secondary N) is 1. The van der Waals surface area contributed by atoms with E-state index in [-0.39, 0.29) is 28.7 Å². The van der Waals surface area contributed by atoms with Crippen molar-refractivity contribution in [2.45, 2.75) is 32.2 Å². The Hall–Kier alpha value is -3.88. The van der Waals surface area contributed by atoms with E-state index in [1.54, 1.807) is 9.58 Å². The molecule has 1 aliphatic rings. The van der Waals surface area contributed by atoms with Crippen LogP contribution in [-0.4, -0.2) is 48.9 Å². The number of aromatic nitrogens is 5. The van der Waals surface area contributed by atoms with Crippen LogP contribution >= 0.6 is 0 Å². The minimum Gasteiger partial charge on any atom is -0.338 e. The predicted octanol–water partition coefficient (Wildman–Crippen LogP) is 3.03. The van der Waals surface area contributed by atoms with Gasteiger partial charge in [0.25, 0.3) is 11.5 Å². The van der Waals surface area contributed by atoms with E-state index in [0.29, 0.717) is 36.7 Å². The molecule has 3 heterocycles. The zero-order valence-electron chi connectivity index (χ0n) is 18.2. The first-order valence-electron chi connectivity index (χ1n) is 10.9. The summed E-state index contributed by atoms with van der Waals surface area (Å²) in [5.41, 5.74) is 2.92. The number of nitrogens with zero attached hydrogens (tertiary/aromatic N) is 5. The Kier molecular flexibility index (Phi) is 5.45. The molecule has 1 atom stereocenters. The molecule has 0 spiro atoms. The molecule has 0 saturated carbocycles. The molecule has 168 valence electrons. The normalized spacial score (nSPS) is 16.3. The number of fused-ring (bicyclic) bond motifs is 1. The summed E-state index contributed by atoms with van der Waals surface area (Å²) in [7, 11) is 0. The number of benzene rings is 2. The number of rotatable bonds is 4. The first-order chi connectivity index (χ1) is 16.0. The third kappa shape index (κ3) is 4.26. The Bertz CT molecular complexity index is 1360. The number of carbonyl (C=O) groups is 1. The first kappa shape index (κ1) is 21.0. The Labute approximate surface area is 189 Å². The van der Waals surface area contributed by atoms with E-state index in [2.05, 4.69) is 15.3 Å². The molecule has 1 N–H and O–H groups in total. The highest BCUT2D eigenvalue weighted by Crippen LogP contribution is 2.26. The smallest absolute Gasteiger partial charge is 0.281 e. The predicted molar refractivity (Wildman–Crippen MR) is 121 cm³/mol. The molecule has 5 rings (SSSR count). The minimum atomic E-state index is -0.381. The molecule has 1 saturated heterocycles. The van der Waals surface area contributed by atoms with Crippen LogP contribution < -0.4 is 5.56 Å². The topological polar surface area (TPSA) is 96.8 Å². The molecule has 1 amide bonds. The molecule has 9 heteroatoms. The molecule has 8 nitrogen and oxygen atoms in total. The fourth-order valence-corrected chi connectivity index (χ4v) is 4.21. The van der Waals surface area contributed by atoms with Crippen molar-refractivity contribution in [2.24, 2.45) is 0 Å². The molecule has 0 aliphatic carbocycles. The summed E-state index contributed by atoms with van der Waals surface area (Å²) in [6.45, 7) is 3.50. The van der Waals surface area contributed by atoms with Crippen molar-refractivity contribution in [3.8, 4) is 0 Å². The maximum absolute atomic E-state index is 13.2. The van der Waals surface area contributed by atoms with Crippen LogP contribution in [0.5, 0.6) is 0 Å². The SMILES string of the molecule is Cc1ccc(Cn2nnc3c(=O)[nH]c([C@@H]4CCCN(C(=O)c5ccc(F)cc5)C4)nc32)cc1. The van der Waals surface area contributed by atoms with Crippen LogP contribution in [0, 0.1) is 12.7 Å². The van der Waals surface area contributed by atoms with Crippen molar-refractivity contribution in [1.82, 2.24) is 29.9 Å². The summed E-state index contributed by atoms with van der Waals surface area (Å²) in [6, 6.07) is 13.6. The zero-order chi connectivity index (χ0) is 22.9. The van der Waals surface area contributed by atoms with Gasteiger partial charge in [0.05, 0.1) is 6.54 Å². The van der Waals surface area contributed by atoms with Gasteiger partial charge in [-0.15, -0.1) is 5.10 Å². The van der Waals surface area contributed by atoms with Crippen molar-refractivity contribution in [3.63, 3.8) is 0 Å². The van der Waals surface area contributed by atoms with Gasteiger partial charge >= 0.3 is 0 Å². The van der Waals surface area contributed by atoms with E-state index in [4.69, 9.17) is 4.98 Å². The number of likely N-dealkylation sites (tertiary alicyclic amines) is 1. The number of carbonyl (C=O) groups excluding carboxylic acids is 1. The van der Waals surface area contributed by atoms with E-state index in [0.717, 1.165) is 24.0 Å². The fraction of sp³-hybridized carbons (Fsp3) is 0.292. The quantitative estimate of drug-likeness (QED) is 0.520. The van der Waals surface area contributed by atoms with E-state index < -0.39 is 0 Å². The average molecular weight is 446 g/mol. The molecular weight excluding hydrogens is 423 g/mol. The summed E-state index contributed by atoms with van der Waals surface area (Å²) >= 11 is 0. The number of halogens is 1. The summed E-state index contributed by atoms with van der Waals surface area (Å²) in [6.07, 6.45) is 1.57. The third-order valence-corrected chi connectivity index (χ3v) is 6.03. The van der Waals surface area contributed by atoms with E-state index in [1.807, 2.05) is 31.2 Å². The number of hydrogen-bond acceptors (Lipinski definition) is 5. The maximum atomic E-state index is 13.2. The molecule has 1 fully saturated rings.